The van der Waals surface area contributed by atoms with Crippen LogP contribution in [0.3, 0.4) is 0 Å². The zero-order chi connectivity index (χ0) is 35.8. The van der Waals surface area contributed by atoms with Gasteiger partial charge < -0.3 is 4.90 Å². The number of ketones is 2. The third kappa shape index (κ3) is 11.0. The average Bonchev–Trinajstić information content (AvgIpc) is 3.40. The number of benzene rings is 3. The van der Waals surface area contributed by atoms with Crippen molar-refractivity contribution in [1.82, 2.24) is 4.90 Å². The minimum atomic E-state index is -0.192. The Morgan fingerprint density at radius 3 is 1.29 bits per heavy atom. The van der Waals surface area contributed by atoms with Gasteiger partial charge in [-0.3, -0.25) is 9.59 Å². The number of Topliss-reactive ketones (excluding diaryl/α,β-unsaturated/α-hetero) is 2. The summed E-state index contributed by atoms with van der Waals surface area (Å²) in [5.41, 5.74) is 8.54. The Bertz CT molecular complexity index is 1650. The SMILES string of the molecule is CCCCCCCCCCCCCCCCN1C(/C=C/c2ccc(C)cc2)=CC(=C2C(=O)c3ccccc3C2=O)C=C1/C=C/c1ccc(C)cc1. The van der Waals surface area contributed by atoms with Crippen LogP contribution < -0.4 is 0 Å². The molecule has 0 saturated carbocycles. The van der Waals surface area contributed by atoms with Crippen molar-refractivity contribution in [2.45, 2.75) is 111 Å². The number of nitrogens with zero attached hydrogens (tertiary/aromatic N) is 1. The van der Waals surface area contributed by atoms with Crippen LogP contribution in [-0.2, 0) is 0 Å². The van der Waals surface area contributed by atoms with E-state index < -0.39 is 0 Å². The molecular formula is C48H57NO2. The topological polar surface area (TPSA) is 37.4 Å². The predicted octanol–water partition coefficient (Wildman–Crippen LogP) is 13.0. The minimum absolute atomic E-state index is 0.192. The van der Waals surface area contributed by atoms with Crippen molar-refractivity contribution in [2.24, 2.45) is 0 Å². The number of unbranched alkanes of at least 4 members (excludes halogenated alkanes) is 13. The van der Waals surface area contributed by atoms with Crippen LogP contribution >= 0.6 is 0 Å². The molecule has 3 aromatic carbocycles. The number of carbonyl (C=O) groups excluding carboxylic acids is 2. The highest BCUT2D eigenvalue weighted by Gasteiger charge is 2.35. The van der Waals surface area contributed by atoms with Gasteiger partial charge in [0.2, 0.25) is 0 Å². The van der Waals surface area contributed by atoms with Crippen molar-refractivity contribution in [3.63, 3.8) is 0 Å². The van der Waals surface area contributed by atoms with Gasteiger partial charge in [-0.05, 0) is 61.3 Å². The lowest BCUT2D eigenvalue weighted by Gasteiger charge is -2.31. The Morgan fingerprint density at radius 1 is 0.490 bits per heavy atom. The van der Waals surface area contributed by atoms with Gasteiger partial charge in [-0.2, -0.15) is 0 Å². The van der Waals surface area contributed by atoms with Crippen LogP contribution in [0.15, 0.2) is 120 Å². The van der Waals surface area contributed by atoms with Crippen LogP contribution in [0.4, 0.5) is 0 Å². The molecule has 266 valence electrons. The van der Waals surface area contributed by atoms with Crippen LogP contribution in [0.2, 0.25) is 0 Å². The number of fused-ring (bicyclic) bond motifs is 1. The Kier molecular flexibility index (Phi) is 14.6. The van der Waals surface area contributed by atoms with Crippen LogP contribution in [0.1, 0.15) is 140 Å². The summed E-state index contributed by atoms with van der Waals surface area (Å²) in [5, 5.41) is 0. The number of hydrogen-bond acceptors (Lipinski definition) is 3. The Hall–Kier alpha value is -4.50. The van der Waals surface area contributed by atoms with Crippen LogP contribution in [0.5, 0.6) is 0 Å². The van der Waals surface area contributed by atoms with Gasteiger partial charge in [0.1, 0.15) is 0 Å². The Balaban J connectivity index is 1.32. The van der Waals surface area contributed by atoms with Gasteiger partial charge in [-0.1, -0.05) is 186 Å². The second-order valence-corrected chi connectivity index (χ2v) is 14.4. The quantitative estimate of drug-likeness (QED) is 0.0719. The fourth-order valence-corrected chi connectivity index (χ4v) is 7.04. The molecule has 51 heavy (non-hydrogen) atoms. The van der Waals surface area contributed by atoms with Crippen molar-refractivity contribution in [2.75, 3.05) is 6.54 Å². The lowest BCUT2D eigenvalue weighted by molar-refractivity contribution is 0.0987. The summed E-state index contributed by atoms with van der Waals surface area (Å²) in [4.78, 5) is 29.7. The highest BCUT2D eigenvalue weighted by atomic mass is 16.2. The van der Waals surface area contributed by atoms with Crippen molar-refractivity contribution in [3.8, 4) is 0 Å². The first-order chi connectivity index (χ1) is 24.9. The monoisotopic (exact) mass is 679 g/mol. The molecule has 3 nitrogen and oxygen atoms in total. The van der Waals surface area contributed by atoms with E-state index in [0.29, 0.717) is 16.7 Å². The van der Waals surface area contributed by atoms with Gasteiger partial charge in [-0.15, -0.1) is 0 Å². The predicted molar refractivity (Wildman–Crippen MR) is 216 cm³/mol. The van der Waals surface area contributed by atoms with E-state index in [-0.39, 0.29) is 17.1 Å². The fourth-order valence-electron chi connectivity index (χ4n) is 7.04. The number of hydrogen-bond donors (Lipinski definition) is 0. The maximum atomic E-state index is 13.7. The number of carbonyl (C=O) groups is 2. The summed E-state index contributed by atoms with van der Waals surface area (Å²) in [7, 11) is 0. The van der Waals surface area contributed by atoms with E-state index in [4.69, 9.17) is 0 Å². The largest absolute Gasteiger partial charge is 0.341 e. The molecule has 3 aromatic rings. The summed E-state index contributed by atoms with van der Waals surface area (Å²) in [6.45, 7) is 7.33. The van der Waals surface area contributed by atoms with Gasteiger partial charge in [0.15, 0.2) is 11.6 Å². The minimum Gasteiger partial charge on any atom is -0.341 e. The molecule has 0 spiro atoms. The molecule has 1 heterocycles. The zero-order valence-electron chi connectivity index (χ0n) is 31.3. The molecule has 0 bridgehead atoms. The van der Waals surface area contributed by atoms with Gasteiger partial charge in [0.05, 0.1) is 5.57 Å². The maximum Gasteiger partial charge on any atom is 0.198 e. The molecule has 0 amide bonds. The van der Waals surface area contributed by atoms with Crippen LogP contribution in [-0.4, -0.2) is 23.0 Å². The van der Waals surface area contributed by atoms with Gasteiger partial charge in [0, 0.05) is 29.1 Å². The second-order valence-electron chi connectivity index (χ2n) is 14.4. The number of aryl methyl sites for hydroxylation is 2. The van der Waals surface area contributed by atoms with Crippen molar-refractivity contribution < 1.29 is 9.59 Å². The van der Waals surface area contributed by atoms with E-state index in [9.17, 15) is 9.59 Å². The molecular weight excluding hydrogens is 623 g/mol. The lowest BCUT2D eigenvalue weighted by Crippen LogP contribution is -2.25. The molecule has 0 saturated heterocycles. The molecule has 0 radical (unpaired) electrons. The normalized spacial score (nSPS) is 14.6. The summed E-state index contributed by atoms with van der Waals surface area (Å²) >= 11 is 0. The molecule has 0 aromatic heterocycles. The third-order valence-electron chi connectivity index (χ3n) is 10.2. The molecule has 0 N–H and O–H groups in total. The summed E-state index contributed by atoms with van der Waals surface area (Å²) in [5.74, 6) is -0.385. The second kappa shape index (κ2) is 19.8. The molecule has 1 aliphatic heterocycles. The fraction of sp³-hybridized carbons (Fsp3) is 0.375. The van der Waals surface area contributed by atoms with E-state index in [1.54, 1.807) is 12.1 Å². The van der Waals surface area contributed by atoms with E-state index in [1.165, 1.54) is 94.6 Å². The molecule has 3 heteroatoms. The standard InChI is InChI=1S/C48H57NO2/c1-4-5-6-7-8-9-10-11-12-13-14-15-16-19-34-49-42(32-30-39-26-22-37(2)23-27-39)35-41(36-43(49)33-31-40-28-24-38(3)25-29-40)46-47(50)44-20-17-18-21-45(44)48(46)51/h17-18,20-33,35-36H,4-16,19,34H2,1-3H3/b32-30+,33-31+. The van der Waals surface area contributed by atoms with E-state index >= 15 is 0 Å². The molecule has 2 aliphatic rings. The Labute approximate surface area is 307 Å². The first-order valence-electron chi connectivity index (χ1n) is 19.6. The molecule has 5 rings (SSSR count). The average molecular weight is 680 g/mol. The van der Waals surface area contributed by atoms with Crippen molar-refractivity contribution in [3.05, 3.63) is 153 Å². The van der Waals surface area contributed by atoms with Crippen LogP contribution in [0, 0.1) is 13.8 Å². The van der Waals surface area contributed by atoms with E-state index in [2.05, 4.69) is 98.5 Å². The number of rotatable bonds is 19. The summed E-state index contributed by atoms with van der Waals surface area (Å²) in [6, 6.07) is 24.2. The van der Waals surface area contributed by atoms with Crippen molar-refractivity contribution >= 4 is 23.7 Å². The molecule has 1 aliphatic carbocycles. The third-order valence-corrected chi connectivity index (χ3v) is 10.2. The zero-order valence-corrected chi connectivity index (χ0v) is 31.3. The Morgan fingerprint density at radius 2 is 0.882 bits per heavy atom. The first-order valence-corrected chi connectivity index (χ1v) is 19.6. The smallest absolute Gasteiger partial charge is 0.198 e. The van der Waals surface area contributed by atoms with Gasteiger partial charge in [0.25, 0.3) is 0 Å². The summed E-state index contributed by atoms with van der Waals surface area (Å²) in [6.07, 6.45) is 31.2. The lowest BCUT2D eigenvalue weighted by atomic mass is 9.97. The first kappa shape index (κ1) is 37.7. The van der Waals surface area contributed by atoms with Gasteiger partial charge >= 0.3 is 0 Å². The van der Waals surface area contributed by atoms with Gasteiger partial charge in [-0.25, -0.2) is 0 Å². The van der Waals surface area contributed by atoms with E-state index in [1.807, 2.05) is 24.3 Å². The maximum absolute atomic E-state index is 13.7. The molecule has 0 atom stereocenters. The number of allylic oxidation sites excluding steroid dienone is 6. The van der Waals surface area contributed by atoms with Crippen LogP contribution in [0.25, 0.3) is 12.2 Å². The summed E-state index contributed by atoms with van der Waals surface area (Å²) < 4.78 is 0. The molecule has 0 unspecified atom stereocenters. The highest BCUT2D eigenvalue weighted by Crippen LogP contribution is 2.34. The van der Waals surface area contributed by atoms with E-state index in [0.717, 1.165) is 35.5 Å². The molecule has 0 fully saturated rings. The van der Waals surface area contributed by atoms with Crippen molar-refractivity contribution in [1.29, 1.82) is 0 Å². The highest BCUT2D eigenvalue weighted by molar-refractivity contribution is 6.40.